The molecule has 2 aromatic carbocycles. The number of hydrogen-bond donors (Lipinski definition) is 0. The summed E-state index contributed by atoms with van der Waals surface area (Å²) in [5.74, 6) is -2.39. The lowest BCUT2D eigenvalue weighted by molar-refractivity contribution is -0.288. The van der Waals surface area contributed by atoms with Gasteiger partial charge in [-0.3, -0.25) is 0 Å². The molecule has 38 heavy (non-hydrogen) atoms. The summed E-state index contributed by atoms with van der Waals surface area (Å²) in [6.45, 7) is 1.49. The third kappa shape index (κ3) is 5.98. The van der Waals surface area contributed by atoms with Crippen LogP contribution in [0, 0.1) is 5.92 Å². The molecule has 0 N–H and O–H groups in total. The predicted octanol–water partition coefficient (Wildman–Crippen LogP) is 6.39. The second kappa shape index (κ2) is 10.1. The van der Waals surface area contributed by atoms with Crippen LogP contribution in [-0.4, -0.2) is 57.2 Å². The normalized spacial score (nSPS) is 20.7. The summed E-state index contributed by atoms with van der Waals surface area (Å²) in [4.78, 5) is 0. The van der Waals surface area contributed by atoms with Gasteiger partial charge in [-0.05, 0) is 47.4 Å². The van der Waals surface area contributed by atoms with Gasteiger partial charge in [0, 0.05) is 0 Å². The Labute approximate surface area is 211 Å². The van der Waals surface area contributed by atoms with Crippen molar-refractivity contribution in [3.8, 4) is 11.5 Å². The van der Waals surface area contributed by atoms with Gasteiger partial charge in [-0.25, -0.2) is 0 Å². The van der Waals surface area contributed by atoms with Crippen LogP contribution in [-0.2, 0) is 21.3 Å². The second-order valence-electron chi connectivity index (χ2n) is 9.27. The van der Waals surface area contributed by atoms with Crippen LogP contribution < -0.4 is 9.47 Å². The highest BCUT2D eigenvalue weighted by atomic mass is 19.4. The molecule has 3 atom stereocenters. The number of ether oxygens (including phenoxy) is 4. The Morgan fingerprint density at radius 1 is 0.763 bits per heavy atom. The van der Waals surface area contributed by atoms with Crippen LogP contribution in [0.2, 0.25) is 0 Å². The van der Waals surface area contributed by atoms with Gasteiger partial charge < -0.3 is 18.9 Å². The molecule has 2 aromatic rings. The minimum Gasteiger partial charge on any atom is -0.491 e. The number of halogens is 9. The highest BCUT2D eigenvalue weighted by Gasteiger charge is 2.73. The van der Waals surface area contributed by atoms with E-state index < -0.39 is 53.0 Å². The fourth-order valence-corrected chi connectivity index (χ4v) is 4.10. The van der Waals surface area contributed by atoms with Crippen LogP contribution in [0.4, 0.5) is 39.5 Å². The van der Waals surface area contributed by atoms with Crippen molar-refractivity contribution >= 4 is 0 Å². The molecule has 4 nitrogen and oxygen atoms in total. The summed E-state index contributed by atoms with van der Waals surface area (Å²) in [6.07, 6.45) is -18.5. The molecule has 0 spiro atoms. The number of rotatable bonds is 10. The molecule has 210 valence electrons. The van der Waals surface area contributed by atoms with Crippen LogP contribution in [0.5, 0.6) is 11.5 Å². The van der Waals surface area contributed by atoms with Crippen LogP contribution in [0.15, 0.2) is 42.5 Å². The monoisotopic (exact) mass is 558 g/mol. The van der Waals surface area contributed by atoms with Gasteiger partial charge in [-0.15, -0.1) is 0 Å². The van der Waals surface area contributed by atoms with E-state index in [1.165, 1.54) is 0 Å². The topological polar surface area (TPSA) is 43.5 Å². The molecule has 2 aliphatic heterocycles. The third-order valence-electron chi connectivity index (χ3n) is 6.38. The lowest BCUT2D eigenvalue weighted by Crippen LogP contribution is -2.55. The summed E-state index contributed by atoms with van der Waals surface area (Å²) < 4.78 is 149. The van der Waals surface area contributed by atoms with Gasteiger partial charge in [0.05, 0.1) is 19.1 Å². The molecule has 0 aromatic heterocycles. The van der Waals surface area contributed by atoms with E-state index in [0.717, 1.165) is 24.3 Å². The average Bonchev–Trinajstić information content (AvgIpc) is 3.71. The Bertz CT molecular complexity index is 1090. The van der Waals surface area contributed by atoms with Crippen molar-refractivity contribution in [2.75, 3.05) is 26.4 Å². The maximum atomic E-state index is 14.7. The number of alkyl halides is 9. The molecule has 2 heterocycles. The third-order valence-corrected chi connectivity index (χ3v) is 6.38. The Hall–Kier alpha value is -2.67. The fraction of sp³-hybridized carbons (Fsp3) is 0.520. The summed E-state index contributed by atoms with van der Waals surface area (Å²) in [7, 11) is 0. The number of hydrogen-bond acceptors (Lipinski definition) is 4. The Balaban J connectivity index is 1.84. The zero-order chi connectivity index (χ0) is 27.9. The molecule has 0 bridgehead atoms. The van der Waals surface area contributed by atoms with E-state index in [9.17, 15) is 39.5 Å². The average molecular weight is 558 g/mol. The van der Waals surface area contributed by atoms with Crippen molar-refractivity contribution in [3.63, 3.8) is 0 Å². The predicted molar refractivity (Wildman–Crippen MR) is 115 cm³/mol. The first-order chi connectivity index (χ1) is 17.6. The Morgan fingerprint density at radius 2 is 1.24 bits per heavy atom. The van der Waals surface area contributed by atoms with Crippen LogP contribution in [0.3, 0.4) is 0 Å². The molecule has 3 unspecified atom stereocenters. The smallest absolute Gasteiger partial charge is 0.411 e. The molecular weight excluding hydrogens is 535 g/mol. The molecule has 0 amide bonds. The van der Waals surface area contributed by atoms with E-state index >= 15 is 0 Å². The van der Waals surface area contributed by atoms with Crippen molar-refractivity contribution in [1.29, 1.82) is 0 Å². The molecule has 0 radical (unpaired) electrons. The van der Waals surface area contributed by atoms with E-state index in [4.69, 9.17) is 18.9 Å². The number of benzene rings is 2. The SMILES string of the molecule is CC(Cc1cc(OCC2CO2)ccc1C(c1ccc(OCC2CO2)cc1)(C(F)(F)F)C(F)(F)F)C(F)(F)F. The van der Waals surface area contributed by atoms with Crippen molar-refractivity contribution < 1.29 is 58.5 Å². The van der Waals surface area contributed by atoms with Crippen LogP contribution >= 0.6 is 0 Å². The van der Waals surface area contributed by atoms with E-state index in [-0.39, 0.29) is 36.9 Å². The van der Waals surface area contributed by atoms with E-state index in [2.05, 4.69) is 0 Å². The zero-order valence-electron chi connectivity index (χ0n) is 19.8. The first-order valence-corrected chi connectivity index (χ1v) is 11.6. The quantitative estimate of drug-likeness (QED) is 0.250. The van der Waals surface area contributed by atoms with E-state index in [0.29, 0.717) is 38.3 Å². The van der Waals surface area contributed by atoms with Crippen LogP contribution in [0.1, 0.15) is 23.6 Å². The Morgan fingerprint density at radius 3 is 1.68 bits per heavy atom. The van der Waals surface area contributed by atoms with Gasteiger partial charge in [0.15, 0.2) is 0 Å². The lowest BCUT2D eigenvalue weighted by atomic mass is 9.70. The molecule has 0 aliphatic carbocycles. The zero-order valence-corrected chi connectivity index (χ0v) is 19.8. The van der Waals surface area contributed by atoms with Gasteiger partial charge in [0.2, 0.25) is 5.41 Å². The second-order valence-corrected chi connectivity index (χ2v) is 9.27. The summed E-state index contributed by atoms with van der Waals surface area (Å²) in [5, 5.41) is 0. The van der Waals surface area contributed by atoms with Gasteiger partial charge >= 0.3 is 18.5 Å². The Kier molecular flexibility index (Phi) is 7.56. The summed E-state index contributed by atoms with van der Waals surface area (Å²) >= 11 is 0. The highest BCUT2D eigenvalue weighted by Crippen LogP contribution is 2.57. The van der Waals surface area contributed by atoms with Gasteiger partial charge in [-0.2, -0.15) is 39.5 Å². The molecule has 13 heteroatoms. The highest BCUT2D eigenvalue weighted by molar-refractivity contribution is 5.51. The van der Waals surface area contributed by atoms with E-state index in [1.54, 1.807) is 0 Å². The molecule has 4 rings (SSSR count). The first-order valence-electron chi connectivity index (χ1n) is 11.6. The van der Waals surface area contributed by atoms with Gasteiger partial charge in [0.1, 0.15) is 36.9 Å². The first kappa shape index (κ1) is 28.3. The molecule has 2 fully saturated rings. The summed E-state index contributed by atoms with van der Waals surface area (Å²) in [6, 6.07) is 5.38. The van der Waals surface area contributed by atoms with Gasteiger partial charge in [-0.1, -0.05) is 25.1 Å². The minimum atomic E-state index is -5.98. The largest absolute Gasteiger partial charge is 0.491 e. The van der Waals surface area contributed by atoms with E-state index in [1.807, 2.05) is 0 Å². The minimum absolute atomic E-state index is 0.0134. The van der Waals surface area contributed by atoms with Crippen molar-refractivity contribution in [2.24, 2.45) is 5.92 Å². The van der Waals surface area contributed by atoms with Gasteiger partial charge in [0.25, 0.3) is 0 Å². The van der Waals surface area contributed by atoms with Crippen molar-refractivity contribution in [3.05, 3.63) is 59.2 Å². The van der Waals surface area contributed by atoms with Crippen molar-refractivity contribution in [1.82, 2.24) is 0 Å². The van der Waals surface area contributed by atoms with Crippen molar-refractivity contribution in [2.45, 2.75) is 49.5 Å². The fourth-order valence-electron chi connectivity index (χ4n) is 4.10. The summed E-state index contributed by atoms with van der Waals surface area (Å²) in [5.41, 5.74) is -7.99. The van der Waals surface area contributed by atoms with Crippen LogP contribution in [0.25, 0.3) is 0 Å². The maximum absolute atomic E-state index is 14.7. The molecular formula is C25H23F9O4. The lowest BCUT2D eigenvalue weighted by Gasteiger charge is -2.40. The molecule has 0 saturated carbocycles. The standard InChI is InChI=1S/C25H23F9O4/c1-14(23(26,27)28)8-15-9-18(36-11-20-13-38-20)6-7-21(15)22(24(29,30)31,25(32,33)34)16-2-4-17(5-3-16)35-10-19-12-37-19/h2-7,9,14,19-20H,8,10-13H2,1H3. The number of epoxide rings is 2. The maximum Gasteiger partial charge on any atom is 0.411 e. The molecule has 2 saturated heterocycles. The molecule has 2 aliphatic rings.